The molecule has 2 aromatic rings. The summed E-state index contributed by atoms with van der Waals surface area (Å²) < 4.78 is 16.3. The molecule has 1 aromatic heterocycles. The van der Waals surface area contributed by atoms with Gasteiger partial charge in [-0.25, -0.2) is 4.79 Å². The summed E-state index contributed by atoms with van der Waals surface area (Å²) in [4.78, 5) is 13.9. The van der Waals surface area contributed by atoms with Crippen LogP contribution in [0.1, 0.15) is 26.2 Å². The lowest BCUT2D eigenvalue weighted by atomic mass is 10.1. The number of hydrogen-bond acceptors (Lipinski definition) is 7. The van der Waals surface area contributed by atoms with E-state index in [1.54, 1.807) is 20.4 Å². The maximum atomic E-state index is 11.7. The predicted molar refractivity (Wildman–Crippen MR) is 103 cm³/mol. The molecule has 1 amide bonds. The number of rotatable bonds is 6. The van der Waals surface area contributed by atoms with Gasteiger partial charge >= 0.3 is 6.09 Å². The van der Waals surface area contributed by atoms with Crippen LogP contribution in [-0.2, 0) is 4.74 Å². The minimum absolute atomic E-state index is 0.0735. The van der Waals surface area contributed by atoms with Gasteiger partial charge in [-0.05, 0) is 18.6 Å². The van der Waals surface area contributed by atoms with Crippen LogP contribution in [0.15, 0.2) is 18.3 Å². The zero-order valence-corrected chi connectivity index (χ0v) is 16.0. The van der Waals surface area contributed by atoms with Crippen LogP contribution in [0.3, 0.4) is 0 Å². The van der Waals surface area contributed by atoms with Crippen molar-refractivity contribution >= 4 is 22.7 Å². The van der Waals surface area contributed by atoms with E-state index in [-0.39, 0.29) is 12.2 Å². The second-order valence-corrected chi connectivity index (χ2v) is 6.48. The topological polar surface area (TPSA) is 85.8 Å². The van der Waals surface area contributed by atoms with Crippen LogP contribution in [0, 0.1) is 0 Å². The number of carbonyl (C=O) groups excluding carboxylic acids is 1. The van der Waals surface area contributed by atoms with E-state index in [0.29, 0.717) is 18.0 Å². The van der Waals surface area contributed by atoms with Crippen molar-refractivity contribution in [1.82, 2.24) is 15.5 Å². The highest BCUT2D eigenvalue weighted by Gasteiger charge is 2.25. The Kier molecular flexibility index (Phi) is 6.16. The first-order chi connectivity index (χ1) is 13.2. The molecular weight excluding hydrogens is 348 g/mol. The first-order valence-electron chi connectivity index (χ1n) is 9.23. The Morgan fingerprint density at radius 2 is 1.93 bits per heavy atom. The van der Waals surface area contributed by atoms with E-state index in [4.69, 9.17) is 14.2 Å². The highest BCUT2D eigenvalue weighted by molar-refractivity contribution is 5.94. The van der Waals surface area contributed by atoms with Gasteiger partial charge in [0.2, 0.25) is 0 Å². The average molecular weight is 374 g/mol. The predicted octanol–water partition coefficient (Wildman–Crippen LogP) is 2.75. The summed E-state index contributed by atoms with van der Waals surface area (Å²) in [5, 5.41) is 13.1. The van der Waals surface area contributed by atoms with E-state index in [1.165, 1.54) is 0 Å². The number of nitrogens with zero attached hydrogens (tertiary/aromatic N) is 3. The Morgan fingerprint density at radius 1 is 1.22 bits per heavy atom. The quantitative estimate of drug-likeness (QED) is 0.832. The molecule has 1 N–H and O–H groups in total. The Morgan fingerprint density at radius 3 is 2.59 bits per heavy atom. The molecule has 3 rings (SSSR count). The number of hydrogen-bond donors (Lipinski definition) is 1. The summed E-state index contributed by atoms with van der Waals surface area (Å²) in [6, 6.07) is 3.83. The normalized spacial score (nSPS) is 14.9. The van der Waals surface area contributed by atoms with Gasteiger partial charge in [-0.1, -0.05) is 6.92 Å². The standard InChI is InChI=1S/C19H26N4O4/c1-4-7-20-19(24)27-14-5-8-23(9-6-14)18-15-11-17(26-3)16(25-2)10-13(15)12-21-22-18/h10-12,14H,4-9H2,1-3H3,(H,20,24). The van der Waals surface area contributed by atoms with Crippen molar-refractivity contribution < 1.29 is 19.0 Å². The van der Waals surface area contributed by atoms with Crippen LogP contribution in [-0.4, -0.2) is 56.2 Å². The molecule has 1 aromatic carbocycles. The SMILES string of the molecule is CCCNC(=O)OC1CCN(c2nncc3cc(OC)c(OC)cc23)CC1. The van der Waals surface area contributed by atoms with E-state index >= 15 is 0 Å². The number of fused-ring (bicyclic) bond motifs is 1. The van der Waals surface area contributed by atoms with Gasteiger partial charge in [0, 0.05) is 43.2 Å². The van der Waals surface area contributed by atoms with Gasteiger partial charge in [-0.15, -0.1) is 5.10 Å². The number of benzene rings is 1. The molecule has 0 atom stereocenters. The summed E-state index contributed by atoms with van der Waals surface area (Å²) in [7, 11) is 3.23. The van der Waals surface area contributed by atoms with Gasteiger partial charge in [0.15, 0.2) is 17.3 Å². The van der Waals surface area contributed by atoms with E-state index < -0.39 is 0 Å². The summed E-state index contributed by atoms with van der Waals surface area (Å²) >= 11 is 0. The fourth-order valence-corrected chi connectivity index (χ4v) is 3.23. The fraction of sp³-hybridized carbons (Fsp3) is 0.526. The Labute approximate surface area is 158 Å². The number of nitrogens with one attached hydrogen (secondary N) is 1. The first-order valence-corrected chi connectivity index (χ1v) is 9.23. The third-order valence-electron chi connectivity index (χ3n) is 4.68. The molecule has 1 fully saturated rings. The number of ether oxygens (including phenoxy) is 3. The van der Waals surface area contributed by atoms with Gasteiger partial charge in [-0.2, -0.15) is 5.10 Å². The number of alkyl carbamates (subject to hydrolysis) is 1. The molecule has 0 spiro atoms. The van der Waals surface area contributed by atoms with Crippen LogP contribution in [0.5, 0.6) is 11.5 Å². The highest BCUT2D eigenvalue weighted by atomic mass is 16.6. The lowest BCUT2D eigenvalue weighted by Crippen LogP contribution is -2.40. The minimum atomic E-state index is -0.336. The summed E-state index contributed by atoms with van der Waals surface area (Å²) in [6.07, 6.45) is 3.71. The number of aromatic nitrogens is 2. The van der Waals surface area contributed by atoms with Crippen molar-refractivity contribution in [2.45, 2.75) is 32.3 Å². The molecule has 0 saturated carbocycles. The second kappa shape index (κ2) is 8.75. The van der Waals surface area contributed by atoms with Gasteiger partial charge in [0.05, 0.1) is 20.4 Å². The smallest absolute Gasteiger partial charge is 0.407 e. The summed E-state index contributed by atoms with van der Waals surface area (Å²) in [5.74, 6) is 2.13. The zero-order chi connectivity index (χ0) is 19.2. The van der Waals surface area contributed by atoms with Crippen LogP contribution in [0.25, 0.3) is 10.8 Å². The Balaban J connectivity index is 1.72. The van der Waals surface area contributed by atoms with E-state index in [0.717, 1.165) is 48.9 Å². The van der Waals surface area contributed by atoms with Crippen molar-refractivity contribution in [2.75, 3.05) is 38.8 Å². The van der Waals surface area contributed by atoms with Crippen molar-refractivity contribution in [1.29, 1.82) is 0 Å². The lowest BCUT2D eigenvalue weighted by molar-refractivity contribution is 0.0832. The molecule has 8 heteroatoms. The molecule has 27 heavy (non-hydrogen) atoms. The van der Waals surface area contributed by atoms with Crippen molar-refractivity contribution in [3.63, 3.8) is 0 Å². The molecule has 1 saturated heterocycles. The van der Waals surface area contributed by atoms with Crippen molar-refractivity contribution in [3.8, 4) is 11.5 Å². The van der Waals surface area contributed by atoms with Gasteiger partial charge in [0.25, 0.3) is 0 Å². The minimum Gasteiger partial charge on any atom is -0.493 e. The molecule has 2 heterocycles. The highest BCUT2D eigenvalue weighted by Crippen LogP contribution is 2.35. The molecule has 1 aliphatic heterocycles. The number of piperidine rings is 1. The third-order valence-corrected chi connectivity index (χ3v) is 4.68. The molecule has 0 radical (unpaired) electrons. The summed E-state index contributed by atoms with van der Waals surface area (Å²) in [5.41, 5.74) is 0. The maximum absolute atomic E-state index is 11.7. The van der Waals surface area contributed by atoms with Gasteiger partial charge < -0.3 is 24.4 Å². The number of methoxy groups -OCH3 is 2. The molecule has 0 bridgehead atoms. The van der Waals surface area contributed by atoms with Crippen LogP contribution in [0.2, 0.25) is 0 Å². The second-order valence-electron chi connectivity index (χ2n) is 6.48. The molecule has 0 unspecified atom stereocenters. The number of anilines is 1. The monoisotopic (exact) mass is 374 g/mol. The Bertz CT molecular complexity index is 791. The van der Waals surface area contributed by atoms with Gasteiger partial charge in [0.1, 0.15) is 6.10 Å². The van der Waals surface area contributed by atoms with Gasteiger partial charge in [-0.3, -0.25) is 0 Å². The maximum Gasteiger partial charge on any atom is 0.407 e. The van der Waals surface area contributed by atoms with Crippen LogP contribution < -0.4 is 19.7 Å². The average Bonchev–Trinajstić information content (AvgIpc) is 2.71. The fourth-order valence-electron chi connectivity index (χ4n) is 3.23. The third kappa shape index (κ3) is 4.32. The molecule has 146 valence electrons. The van der Waals surface area contributed by atoms with E-state index in [1.807, 2.05) is 19.1 Å². The molecular formula is C19H26N4O4. The lowest BCUT2D eigenvalue weighted by Gasteiger charge is -2.32. The molecule has 1 aliphatic rings. The van der Waals surface area contributed by atoms with E-state index in [2.05, 4.69) is 20.4 Å². The number of amides is 1. The molecule has 8 nitrogen and oxygen atoms in total. The van der Waals surface area contributed by atoms with Crippen LogP contribution >= 0.6 is 0 Å². The van der Waals surface area contributed by atoms with Crippen LogP contribution in [0.4, 0.5) is 10.6 Å². The first kappa shape index (κ1) is 19.0. The number of carbonyl (C=O) groups is 1. The largest absolute Gasteiger partial charge is 0.493 e. The van der Waals surface area contributed by atoms with Crippen molar-refractivity contribution in [2.24, 2.45) is 0 Å². The zero-order valence-electron chi connectivity index (χ0n) is 16.0. The van der Waals surface area contributed by atoms with Crippen molar-refractivity contribution in [3.05, 3.63) is 18.3 Å². The van der Waals surface area contributed by atoms with E-state index in [9.17, 15) is 4.79 Å². The summed E-state index contributed by atoms with van der Waals surface area (Å²) in [6.45, 7) is 4.13. The Hall–Kier alpha value is -2.77. The molecule has 0 aliphatic carbocycles.